The van der Waals surface area contributed by atoms with Gasteiger partial charge in [-0.1, -0.05) is 0 Å². The van der Waals surface area contributed by atoms with Gasteiger partial charge in [-0.2, -0.15) is 0 Å². The lowest BCUT2D eigenvalue weighted by Gasteiger charge is -1.91. The summed E-state index contributed by atoms with van der Waals surface area (Å²) in [6.07, 6.45) is 0. The van der Waals surface area contributed by atoms with E-state index in [4.69, 9.17) is 0 Å². The van der Waals surface area contributed by atoms with E-state index in [-0.39, 0.29) is 5.56 Å². The van der Waals surface area contributed by atoms with Gasteiger partial charge in [-0.15, -0.1) is 0 Å². The summed E-state index contributed by atoms with van der Waals surface area (Å²) in [7, 11) is 0. The smallest absolute Gasteiger partial charge is 0.257 e. The minimum atomic E-state index is -0.0191. The molecular formula is C9H10N2O. The first kappa shape index (κ1) is 7.16. The molecule has 0 spiro atoms. The molecule has 0 atom stereocenters. The topological polar surface area (TPSA) is 48.6 Å². The van der Waals surface area contributed by atoms with Crippen molar-refractivity contribution in [1.29, 1.82) is 0 Å². The summed E-state index contributed by atoms with van der Waals surface area (Å²) in [5.41, 5.74) is 2.79. The lowest BCUT2D eigenvalue weighted by molar-refractivity contribution is 1.17. The third-order valence-corrected chi connectivity index (χ3v) is 1.90. The molecule has 0 unspecified atom stereocenters. The zero-order valence-corrected chi connectivity index (χ0v) is 7.06. The van der Waals surface area contributed by atoms with Crippen LogP contribution in [0.1, 0.15) is 11.4 Å². The lowest BCUT2D eigenvalue weighted by atomic mass is 10.3. The van der Waals surface area contributed by atoms with E-state index in [9.17, 15) is 4.79 Å². The van der Waals surface area contributed by atoms with Gasteiger partial charge in [0.15, 0.2) is 0 Å². The van der Waals surface area contributed by atoms with Crippen molar-refractivity contribution in [2.45, 2.75) is 13.8 Å². The van der Waals surface area contributed by atoms with Crippen LogP contribution in [0.4, 0.5) is 0 Å². The molecule has 0 aliphatic heterocycles. The van der Waals surface area contributed by atoms with Crippen LogP contribution in [-0.2, 0) is 0 Å². The Bertz CT molecular complexity index is 479. The predicted molar refractivity (Wildman–Crippen MR) is 48.4 cm³/mol. The molecule has 0 aliphatic rings. The molecule has 0 bridgehead atoms. The molecule has 3 nitrogen and oxygen atoms in total. The number of pyridine rings is 1. The average Bonchev–Trinajstić information content (AvgIpc) is 2.29. The van der Waals surface area contributed by atoms with Crippen molar-refractivity contribution in [3.8, 4) is 0 Å². The van der Waals surface area contributed by atoms with Gasteiger partial charge in [-0.3, -0.25) is 4.79 Å². The van der Waals surface area contributed by atoms with E-state index in [0.29, 0.717) is 0 Å². The molecule has 0 saturated carbocycles. The number of rotatable bonds is 0. The Hall–Kier alpha value is -1.51. The molecule has 0 saturated heterocycles. The van der Waals surface area contributed by atoms with Gasteiger partial charge in [-0.25, -0.2) is 0 Å². The molecule has 2 heterocycles. The molecule has 62 valence electrons. The van der Waals surface area contributed by atoms with Gasteiger partial charge >= 0.3 is 0 Å². The fourth-order valence-electron chi connectivity index (χ4n) is 1.41. The van der Waals surface area contributed by atoms with Crippen molar-refractivity contribution in [2.75, 3.05) is 0 Å². The summed E-state index contributed by atoms with van der Waals surface area (Å²) in [5, 5.41) is 0.734. The van der Waals surface area contributed by atoms with Crippen LogP contribution >= 0.6 is 0 Å². The van der Waals surface area contributed by atoms with Gasteiger partial charge < -0.3 is 9.97 Å². The number of aromatic amines is 2. The summed E-state index contributed by atoms with van der Waals surface area (Å²) < 4.78 is 0. The molecule has 0 radical (unpaired) electrons. The standard InChI is InChI=1S/C9H10N2O/c1-5-3-7-8(10-5)4-6(2)11-9(7)12/h3-4,10H,1-2H3,(H,11,12). The maximum Gasteiger partial charge on any atom is 0.257 e. The Kier molecular flexibility index (Phi) is 1.33. The fourth-order valence-corrected chi connectivity index (χ4v) is 1.41. The van der Waals surface area contributed by atoms with E-state index in [1.807, 2.05) is 26.0 Å². The first-order chi connectivity index (χ1) is 5.66. The number of hydrogen-bond acceptors (Lipinski definition) is 1. The fraction of sp³-hybridized carbons (Fsp3) is 0.222. The first-order valence-electron chi connectivity index (χ1n) is 3.86. The highest BCUT2D eigenvalue weighted by atomic mass is 16.1. The van der Waals surface area contributed by atoms with E-state index in [0.717, 1.165) is 22.3 Å². The van der Waals surface area contributed by atoms with E-state index >= 15 is 0 Å². The molecule has 2 aromatic rings. The summed E-state index contributed by atoms with van der Waals surface area (Å²) in [5.74, 6) is 0. The molecule has 0 fully saturated rings. The van der Waals surface area contributed by atoms with Crippen molar-refractivity contribution in [3.05, 3.63) is 33.9 Å². The highest BCUT2D eigenvalue weighted by molar-refractivity contribution is 5.79. The zero-order valence-electron chi connectivity index (χ0n) is 7.06. The monoisotopic (exact) mass is 162 g/mol. The molecule has 2 N–H and O–H groups in total. The third-order valence-electron chi connectivity index (χ3n) is 1.90. The Labute approximate surface area is 69.4 Å². The number of fused-ring (bicyclic) bond motifs is 1. The van der Waals surface area contributed by atoms with Crippen molar-refractivity contribution in [3.63, 3.8) is 0 Å². The van der Waals surface area contributed by atoms with E-state index in [2.05, 4.69) is 9.97 Å². The molecule has 0 aliphatic carbocycles. The van der Waals surface area contributed by atoms with Crippen LogP contribution in [0.5, 0.6) is 0 Å². The quantitative estimate of drug-likeness (QED) is 0.605. The number of H-pyrrole nitrogens is 2. The second-order valence-corrected chi connectivity index (χ2v) is 3.06. The van der Waals surface area contributed by atoms with Gasteiger partial charge in [0.25, 0.3) is 5.56 Å². The van der Waals surface area contributed by atoms with E-state index in [1.54, 1.807) is 0 Å². The highest BCUT2D eigenvalue weighted by Gasteiger charge is 2.01. The minimum absolute atomic E-state index is 0.0191. The third kappa shape index (κ3) is 0.942. The van der Waals surface area contributed by atoms with Crippen molar-refractivity contribution >= 4 is 10.9 Å². The molecular weight excluding hydrogens is 152 g/mol. The average molecular weight is 162 g/mol. The van der Waals surface area contributed by atoms with Crippen molar-refractivity contribution in [1.82, 2.24) is 9.97 Å². The number of aryl methyl sites for hydroxylation is 2. The highest BCUT2D eigenvalue weighted by Crippen LogP contribution is 2.10. The van der Waals surface area contributed by atoms with E-state index in [1.165, 1.54) is 0 Å². The number of aromatic nitrogens is 2. The largest absolute Gasteiger partial charge is 0.358 e. The number of nitrogens with one attached hydrogen (secondary N) is 2. The lowest BCUT2D eigenvalue weighted by Crippen LogP contribution is -2.05. The van der Waals surface area contributed by atoms with Gasteiger partial charge in [0.2, 0.25) is 0 Å². The molecule has 0 amide bonds. The molecule has 12 heavy (non-hydrogen) atoms. The van der Waals surface area contributed by atoms with Gasteiger partial charge in [0.05, 0.1) is 10.9 Å². The van der Waals surface area contributed by atoms with Crippen LogP contribution in [0.25, 0.3) is 10.9 Å². The second kappa shape index (κ2) is 2.24. The number of hydrogen-bond donors (Lipinski definition) is 2. The Balaban J connectivity index is 2.98. The molecule has 2 aromatic heterocycles. The second-order valence-electron chi connectivity index (χ2n) is 3.06. The summed E-state index contributed by atoms with van der Waals surface area (Å²) in [6.45, 7) is 3.81. The summed E-state index contributed by atoms with van der Waals surface area (Å²) in [6, 6.07) is 3.79. The van der Waals surface area contributed by atoms with E-state index < -0.39 is 0 Å². The van der Waals surface area contributed by atoms with Gasteiger partial charge in [-0.05, 0) is 26.0 Å². The van der Waals surface area contributed by atoms with Crippen LogP contribution < -0.4 is 5.56 Å². The van der Waals surface area contributed by atoms with Crippen LogP contribution in [-0.4, -0.2) is 9.97 Å². The van der Waals surface area contributed by atoms with Crippen LogP contribution in [0, 0.1) is 13.8 Å². The zero-order chi connectivity index (χ0) is 8.72. The van der Waals surface area contributed by atoms with Crippen molar-refractivity contribution in [2.24, 2.45) is 0 Å². The molecule has 3 heteroatoms. The molecule has 2 rings (SSSR count). The predicted octanol–water partition coefficient (Wildman–Crippen LogP) is 1.47. The SMILES string of the molecule is Cc1cc2[nH]c(C)cc2c(=O)[nH]1. The Morgan fingerprint density at radius 3 is 2.50 bits per heavy atom. The van der Waals surface area contributed by atoms with Gasteiger partial charge in [0, 0.05) is 11.4 Å². The van der Waals surface area contributed by atoms with Crippen molar-refractivity contribution < 1.29 is 0 Å². The molecule has 0 aromatic carbocycles. The maximum absolute atomic E-state index is 11.3. The van der Waals surface area contributed by atoms with Crippen LogP contribution in [0.15, 0.2) is 16.9 Å². The summed E-state index contributed by atoms with van der Waals surface area (Å²) in [4.78, 5) is 17.2. The maximum atomic E-state index is 11.3. The van der Waals surface area contributed by atoms with Crippen LogP contribution in [0.3, 0.4) is 0 Å². The Morgan fingerprint density at radius 1 is 1.08 bits per heavy atom. The Morgan fingerprint density at radius 2 is 1.75 bits per heavy atom. The summed E-state index contributed by atoms with van der Waals surface area (Å²) >= 11 is 0. The first-order valence-corrected chi connectivity index (χ1v) is 3.86. The van der Waals surface area contributed by atoms with Crippen LogP contribution in [0.2, 0.25) is 0 Å². The normalized spacial score (nSPS) is 10.8. The van der Waals surface area contributed by atoms with Gasteiger partial charge in [0.1, 0.15) is 0 Å². The minimum Gasteiger partial charge on any atom is -0.358 e.